The minimum Gasteiger partial charge on any atom is -0.324 e. The molecular formula is C24H34N4O2. The Kier molecular flexibility index (Phi) is 9.51. The Hall–Kier alpha value is -2.70. The fourth-order valence-corrected chi connectivity index (χ4v) is 3.29. The second kappa shape index (κ2) is 12.1. The maximum Gasteiger partial charge on any atom is 0.238 e. The number of rotatable bonds is 11. The van der Waals surface area contributed by atoms with Gasteiger partial charge in [-0.05, 0) is 75.9 Å². The predicted molar refractivity (Wildman–Crippen MR) is 124 cm³/mol. The van der Waals surface area contributed by atoms with Crippen LogP contribution in [0.3, 0.4) is 0 Å². The highest BCUT2D eigenvalue weighted by atomic mass is 16.2. The Labute approximate surface area is 179 Å². The molecule has 0 bridgehead atoms. The second-order valence-corrected chi connectivity index (χ2v) is 7.69. The average molecular weight is 411 g/mol. The van der Waals surface area contributed by atoms with Crippen LogP contribution in [0.5, 0.6) is 0 Å². The van der Waals surface area contributed by atoms with Crippen molar-refractivity contribution in [2.24, 2.45) is 0 Å². The molecule has 0 saturated carbocycles. The Morgan fingerprint density at radius 3 is 1.30 bits per heavy atom. The van der Waals surface area contributed by atoms with Crippen molar-refractivity contribution < 1.29 is 9.59 Å². The first kappa shape index (κ1) is 23.6. The summed E-state index contributed by atoms with van der Waals surface area (Å²) in [6, 6.07) is 11.9. The molecule has 0 aliphatic heterocycles. The summed E-state index contributed by atoms with van der Waals surface area (Å²) < 4.78 is 0. The molecule has 0 aliphatic rings. The standard InChI is InChI=1S/C24H34N4O2/c1-17-9-7-10-18(2)23(17)27-21(29)15-25-13-5-6-14-26-16-22(30)28-24-19(3)11-8-12-20(24)4/h7-12,25-26H,5-6,13-16H2,1-4H3,(H,27,29)(H,28,30). The fraction of sp³-hybridized carbons (Fsp3) is 0.417. The van der Waals surface area contributed by atoms with E-state index in [0.717, 1.165) is 59.6 Å². The summed E-state index contributed by atoms with van der Waals surface area (Å²) in [7, 11) is 0. The number of nitrogens with one attached hydrogen (secondary N) is 4. The summed E-state index contributed by atoms with van der Waals surface area (Å²) in [6.45, 7) is 10.1. The van der Waals surface area contributed by atoms with Crippen LogP contribution in [0.4, 0.5) is 11.4 Å². The van der Waals surface area contributed by atoms with Crippen molar-refractivity contribution in [2.45, 2.75) is 40.5 Å². The average Bonchev–Trinajstić information content (AvgIpc) is 2.70. The van der Waals surface area contributed by atoms with Gasteiger partial charge < -0.3 is 21.3 Å². The van der Waals surface area contributed by atoms with Gasteiger partial charge in [0.05, 0.1) is 13.1 Å². The van der Waals surface area contributed by atoms with Crippen molar-refractivity contribution in [1.29, 1.82) is 0 Å². The van der Waals surface area contributed by atoms with E-state index in [9.17, 15) is 9.59 Å². The third-order valence-corrected chi connectivity index (χ3v) is 5.02. The molecule has 6 heteroatoms. The van der Waals surface area contributed by atoms with E-state index >= 15 is 0 Å². The lowest BCUT2D eigenvalue weighted by molar-refractivity contribution is -0.116. The van der Waals surface area contributed by atoms with E-state index in [4.69, 9.17) is 0 Å². The lowest BCUT2D eigenvalue weighted by Gasteiger charge is -2.12. The normalized spacial score (nSPS) is 10.7. The number of para-hydroxylation sites is 2. The molecule has 6 nitrogen and oxygen atoms in total. The van der Waals surface area contributed by atoms with Gasteiger partial charge in [-0.15, -0.1) is 0 Å². The fourth-order valence-electron chi connectivity index (χ4n) is 3.29. The summed E-state index contributed by atoms with van der Waals surface area (Å²) in [5.74, 6) is -0.0672. The van der Waals surface area contributed by atoms with Crippen molar-refractivity contribution in [2.75, 3.05) is 36.8 Å². The summed E-state index contributed by atoms with van der Waals surface area (Å²) in [5.41, 5.74) is 6.06. The lowest BCUT2D eigenvalue weighted by Crippen LogP contribution is -2.31. The van der Waals surface area contributed by atoms with Gasteiger partial charge in [0.1, 0.15) is 0 Å². The summed E-state index contributed by atoms with van der Waals surface area (Å²) >= 11 is 0. The van der Waals surface area contributed by atoms with Crippen molar-refractivity contribution in [3.05, 3.63) is 58.7 Å². The zero-order valence-corrected chi connectivity index (χ0v) is 18.5. The number of amides is 2. The smallest absolute Gasteiger partial charge is 0.238 e. The number of aryl methyl sites for hydroxylation is 4. The van der Waals surface area contributed by atoms with E-state index in [1.165, 1.54) is 0 Å². The van der Waals surface area contributed by atoms with Crippen LogP contribution < -0.4 is 21.3 Å². The number of carbonyl (C=O) groups is 2. The molecule has 0 saturated heterocycles. The van der Waals surface area contributed by atoms with E-state index in [0.29, 0.717) is 13.1 Å². The summed E-state index contributed by atoms with van der Waals surface area (Å²) in [6.07, 6.45) is 1.87. The van der Waals surface area contributed by atoms with Gasteiger partial charge in [-0.1, -0.05) is 36.4 Å². The molecule has 30 heavy (non-hydrogen) atoms. The van der Waals surface area contributed by atoms with Crippen LogP contribution in [0, 0.1) is 27.7 Å². The Morgan fingerprint density at radius 1 is 0.633 bits per heavy atom. The van der Waals surface area contributed by atoms with Gasteiger partial charge in [0, 0.05) is 11.4 Å². The first-order valence-electron chi connectivity index (χ1n) is 10.5. The molecule has 0 spiro atoms. The van der Waals surface area contributed by atoms with Gasteiger partial charge in [0.15, 0.2) is 0 Å². The zero-order chi connectivity index (χ0) is 21.9. The van der Waals surface area contributed by atoms with Gasteiger partial charge in [-0.3, -0.25) is 9.59 Å². The predicted octanol–water partition coefficient (Wildman–Crippen LogP) is 3.46. The van der Waals surface area contributed by atoms with Crippen LogP contribution >= 0.6 is 0 Å². The number of unbranched alkanes of at least 4 members (excludes halogenated alkanes) is 1. The molecular weight excluding hydrogens is 376 g/mol. The van der Waals surface area contributed by atoms with Crippen LogP contribution in [0.15, 0.2) is 36.4 Å². The van der Waals surface area contributed by atoms with Crippen molar-refractivity contribution in [3.63, 3.8) is 0 Å². The number of hydrogen-bond donors (Lipinski definition) is 4. The van der Waals surface area contributed by atoms with Gasteiger partial charge in [-0.2, -0.15) is 0 Å². The van der Waals surface area contributed by atoms with Gasteiger partial charge >= 0.3 is 0 Å². The molecule has 162 valence electrons. The monoisotopic (exact) mass is 410 g/mol. The highest BCUT2D eigenvalue weighted by Gasteiger charge is 2.08. The maximum absolute atomic E-state index is 12.1. The van der Waals surface area contributed by atoms with Crippen molar-refractivity contribution in [1.82, 2.24) is 10.6 Å². The molecule has 0 aromatic heterocycles. The number of hydrogen-bond acceptors (Lipinski definition) is 4. The zero-order valence-electron chi connectivity index (χ0n) is 18.5. The Bertz CT molecular complexity index is 752. The van der Waals surface area contributed by atoms with Crippen molar-refractivity contribution in [3.8, 4) is 0 Å². The van der Waals surface area contributed by atoms with Crippen LogP contribution in [-0.2, 0) is 9.59 Å². The molecule has 0 aliphatic carbocycles. The topological polar surface area (TPSA) is 82.3 Å². The van der Waals surface area contributed by atoms with Crippen molar-refractivity contribution >= 4 is 23.2 Å². The van der Waals surface area contributed by atoms with Crippen LogP contribution in [-0.4, -0.2) is 38.0 Å². The minimum atomic E-state index is -0.0336. The SMILES string of the molecule is Cc1cccc(C)c1NC(=O)CNCCCCNCC(=O)Nc1c(C)cccc1C. The third-order valence-electron chi connectivity index (χ3n) is 5.02. The lowest BCUT2D eigenvalue weighted by atomic mass is 10.1. The molecule has 0 heterocycles. The van der Waals surface area contributed by atoms with Crippen LogP contribution in [0.25, 0.3) is 0 Å². The highest BCUT2D eigenvalue weighted by Crippen LogP contribution is 2.19. The molecule has 2 rings (SSSR count). The largest absolute Gasteiger partial charge is 0.324 e. The number of anilines is 2. The molecule has 2 amide bonds. The molecule has 0 unspecified atom stereocenters. The number of benzene rings is 2. The van der Waals surface area contributed by atoms with E-state index in [2.05, 4.69) is 21.3 Å². The minimum absolute atomic E-state index is 0.0336. The first-order chi connectivity index (χ1) is 14.4. The number of carbonyl (C=O) groups excluding carboxylic acids is 2. The van der Waals surface area contributed by atoms with Gasteiger partial charge in [0.25, 0.3) is 0 Å². The van der Waals surface area contributed by atoms with Crippen LogP contribution in [0.1, 0.15) is 35.1 Å². The Morgan fingerprint density at radius 2 is 0.967 bits per heavy atom. The van der Waals surface area contributed by atoms with Crippen LogP contribution in [0.2, 0.25) is 0 Å². The van der Waals surface area contributed by atoms with E-state index in [1.807, 2.05) is 64.1 Å². The van der Waals surface area contributed by atoms with E-state index in [1.54, 1.807) is 0 Å². The van der Waals surface area contributed by atoms with E-state index < -0.39 is 0 Å². The van der Waals surface area contributed by atoms with Gasteiger partial charge in [0.2, 0.25) is 11.8 Å². The summed E-state index contributed by atoms with van der Waals surface area (Å²) in [4.78, 5) is 24.2. The van der Waals surface area contributed by atoms with E-state index in [-0.39, 0.29) is 11.8 Å². The maximum atomic E-state index is 12.1. The molecule has 0 radical (unpaired) electrons. The van der Waals surface area contributed by atoms with Gasteiger partial charge in [-0.25, -0.2) is 0 Å². The molecule has 4 N–H and O–H groups in total. The summed E-state index contributed by atoms with van der Waals surface area (Å²) in [5, 5.41) is 12.3. The quantitative estimate of drug-likeness (QED) is 0.428. The highest BCUT2D eigenvalue weighted by molar-refractivity contribution is 5.94. The second-order valence-electron chi connectivity index (χ2n) is 7.69. The molecule has 0 fully saturated rings. The third kappa shape index (κ3) is 7.61. The Balaban J connectivity index is 1.54. The molecule has 2 aromatic rings. The first-order valence-corrected chi connectivity index (χ1v) is 10.5. The molecule has 0 atom stereocenters. The molecule has 2 aromatic carbocycles.